The predicted octanol–water partition coefficient (Wildman–Crippen LogP) is 4.35. The highest BCUT2D eigenvalue weighted by molar-refractivity contribution is 6.16. The molecule has 2 aromatic carbocycles. The van der Waals surface area contributed by atoms with Crippen LogP contribution in [0.2, 0.25) is 0 Å². The second kappa shape index (κ2) is 7.67. The number of hydrogen-bond donors (Lipinski definition) is 2. The number of carboxylic acid groups (broad SMARTS) is 1. The van der Waals surface area contributed by atoms with Crippen molar-refractivity contribution in [3.63, 3.8) is 0 Å². The van der Waals surface area contributed by atoms with Gasteiger partial charge in [-0.3, -0.25) is 9.89 Å². The number of fused-ring (bicyclic) bond motifs is 1. The van der Waals surface area contributed by atoms with Gasteiger partial charge in [0.1, 0.15) is 11.4 Å². The SMILES string of the molecule is CC1(C)CN(C(=O)c2ccc(F)c(F)c2)C=C(C(=O)O)c2[nH]nc(-c3ccc(F)cc3)c21. The van der Waals surface area contributed by atoms with Crippen molar-refractivity contribution in [1.29, 1.82) is 0 Å². The van der Waals surface area contributed by atoms with Gasteiger partial charge < -0.3 is 10.0 Å². The molecule has 0 spiro atoms. The molecule has 0 radical (unpaired) electrons. The van der Waals surface area contributed by atoms with Crippen molar-refractivity contribution in [3.05, 3.63) is 82.9 Å². The zero-order valence-corrected chi connectivity index (χ0v) is 17.1. The van der Waals surface area contributed by atoms with E-state index >= 15 is 0 Å². The van der Waals surface area contributed by atoms with E-state index in [1.807, 2.05) is 0 Å². The fourth-order valence-electron chi connectivity index (χ4n) is 3.87. The van der Waals surface area contributed by atoms with Crippen LogP contribution in [0.15, 0.2) is 48.7 Å². The predicted molar refractivity (Wildman–Crippen MR) is 110 cm³/mol. The number of carboxylic acids is 1. The quantitative estimate of drug-likeness (QED) is 0.633. The molecule has 2 N–H and O–H groups in total. The van der Waals surface area contributed by atoms with Gasteiger partial charge in [-0.25, -0.2) is 18.0 Å². The van der Waals surface area contributed by atoms with Crippen LogP contribution in [0.3, 0.4) is 0 Å². The molecule has 1 aliphatic heterocycles. The Morgan fingerprint density at radius 1 is 1.06 bits per heavy atom. The lowest BCUT2D eigenvalue weighted by Gasteiger charge is -2.30. The molecule has 1 aliphatic rings. The monoisotopic (exact) mass is 441 g/mol. The number of nitrogens with zero attached hydrogens (tertiary/aromatic N) is 2. The zero-order valence-electron chi connectivity index (χ0n) is 17.1. The molecule has 1 aromatic heterocycles. The van der Waals surface area contributed by atoms with E-state index in [-0.39, 0.29) is 23.4 Å². The van der Waals surface area contributed by atoms with Gasteiger partial charge in [-0.05, 0) is 42.5 Å². The normalized spacial score (nSPS) is 15.0. The Balaban J connectivity index is 1.84. The molecule has 2 heterocycles. The third-order valence-corrected chi connectivity index (χ3v) is 5.34. The maximum atomic E-state index is 13.7. The minimum absolute atomic E-state index is 0.0301. The van der Waals surface area contributed by atoms with Gasteiger partial charge in [0, 0.05) is 34.9 Å². The van der Waals surface area contributed by atoms with E-state index in [1.165, 1.54) is 29.2 Å². The molecular formula is C23H18F3N3O3. The van der Waals surface area contributed by atoms with Crippen molar-refractivity contribution >= 4 is 17.4 Å². The molecule has 32 heavy (non-hydrogen) atoms. The van der Waals surface area contributed by atoms with Crippen molar-refractivity contribution in [2.75, 3.05) is 6.54 Å². The van der Waals surface area contributed by atoms with Gasteiger partial charge in [0.25, 0.3) is 5.91 Å². The summed E-state index contributed by atoms with van der Waals surface area (Å²) in [6.45, 7) is 3.64. The van der Waals surface area contributed by atoms with Gasteiger partial charge in [-0.15, -0.1) is 0 Å². The summed E-state index contributed by atoms with van der Waals surface area (Å²) >= 11 is 0. The summed E-state index contributed by atoms with van der Waals surface area (Å²) in [7, 11) is 0. The molecule has 9 heteroatoms. The van der Waals surface area contributed by atoms with E-state index in [0.29, 0.717) is 16.8 Å². The number of carbonyl (C=O) groups excluding carboxylic acids is 1. The largest absolute Gasteiger partial charge is 0.478 e. The zero-order chi connectivity index (χ0) is 23.2. The fourth-order valence-corrected chi connectivity index (χ4v) is 3.87. The third-order valence-electron chi connectivity index (χ3n) is 5.34. The first-order valence-corrected chi connectivity index (χ1v) is 9.65. The number of aromatic amines is 1. The number of aliphatic carboxylic acids is 1. The molecule has 0 aliphatic carbocycles. The van der Waals surface area contributed by atoms with Crippen molar-refractivity contribution < 1.29 is 27.9 Å². The molecule has 1 amide bonds. The number of rotatable bonds is 3. The van der Waals surface area contributed by atoms with Crippen LogP contribution in [0, 0.1) is 17.5 Å². The lowest BCUT2D eigenvalue weighted by atomic mass is 9.80. The number of amides is 1. The average molecular weight is 441 g/mol. The standard InChI is InChI=1S/C23H18F3N3O3/c1-23(2)11-29(21(30)13-5-8-16(25)17(26)9-13)10-15(22(31)32)20-18(23)19(27-28-20)12-3-6-14(24)7-4-12/h3-10H,11H2,1-2H3,(H,27,28)(H,31,32). The van der Waals surface area contributed by atoms with Crippen LogP contribution >= 0.6 is 0 Å². The molecule has 3 aromatic rings. The van der Waals surface area contributed by atoms with Gasteiger partial charge in [0.2, 0.25) is 0 Å². The second-order valence-electron chi connectivity index (χ2n) is 8.12. The average Bonchev–Trinajstić information content (AvgIpc) is 3.14. The Morgan fingerprint density at radius 3 is 2.38 bits per heavy atom. The fraction of sp³-hybridized carbons (Fsp3) is 0.174. The topological polar surface area (TPSA) is 86.3 Å². The first-order valence-electron chi connectivity index (χ1n) is 9.65. The van der Waals surface area contributed by atoms with E-state index in [0.717, 1.165) is 24.4 Å². The van der Waals surface area contributed by atoms with Crippen LogP contribution in [-0.4, -0.2) is 38.6 Å². The summed E-state index contributed by atoms with van der Waals surface area (Å²) in [5.74, 6) is -4.69. The summed E-state index contributed by atoms with van der Waals surface area (Å²) in [6, 6.07) is 8.35. The van der Waals surface area contributed by atoms with Crippen molar-refractivity contribution in [2.24, 2.45) is 0 Å². The van der Waals surface area contributed by atoms with E-state index in [4.69, 9.17) is 0 Å². The molecular weight excluding hydrogens is 423 g/mol. The lowest BCUT2D eigenvalue weighted by Crippen LogP contribution is -2.37. The summed E-state index contributed by atoms with van der Waals surface area (Å²) in [5, 5.41) is 16.8. The molecule has 0 saturated heterocycles. The van der Waals surface area contributed by atoms with Crippen LogP contribution in [0.1, 0.15) is 35.5 Å². The molecule has 0 saturated carbocycles. The molecule has 6 nitrogen and oxygen atoms in total. The van der Waals surface area contributed by atoms with Crippen LogP contribution in [0.25, 0.3) is 16.8 Å². The number of aromatic nitrogens is 2. The Morgan fingerprint density at radius 2 is 1.75 bits per heavy atom. The molecule has 4 rings (SSSR count). The maximum Gasteiger partial charge on any atom is 0.339 e. The highest BCUT2D eigenvalue weighted by atomic mass is 19.2. The van der Waals surface area contributed by atoms with E-state index in [9.17, 15) is 27.9 Å². The van der Waals surface area contributed by atoms with Gasteiger partial charge in [-0.2, -0.15) is 5.10 Å². The lowest BCUT2D eigenvalue weighted by molar-refractivity contribution is -0.130. The van der Waals surface area contributed by atoms with Crippen molar-refractivity contribution in [3.8, 4) is 11.3 Å². The first kappa shape index (κ1) is 21.4. The Labute approximate surface area is 181 Å². The maximum absolute atomic E-state index is 13.7. The molecule has 0 fully saturated rings. The number of nitrogens with one attached hydrogen (secondary N) is 1. The Kier molecular flexibility index (Phi) is 5.12. The molecule has 164 valence electrons. The summed E-state index contributed by atoms with van der Waals surface area (Å²) in [5.41, 5.74) is 0.598. The van der Waals surface area contributed by atoms with Gasteiger partial charge >= 0.3 is 5.97 Å². The Hall–Kier alpha value is -3.88. The van der Waals surface area contributed by atoms with E-state index in [2.05, 4.69) is 10.2 Å². The van der Waals surface area contributed by atoms with Crippen LogP contribution in [0.4, 0.5) is 13.2 Å². The second-order valence-corrected chi connectivity index (χ2v) is 8.12. The van der Waals surface area contributed by atoms with Gasteiger partial charge in [0.15, 0.2) is 11.6 Å². The van der Waals surface area contributed by atoms with Crippen molar-refractivity contribution in [2.45, 2.75) is 19.3 Å². The van der Waals surface area contributed by atoms with Gasteiger partial charge in [-0.1, -0.05) is 13.8 Å². The number of hydrogen-bond acceptors (Lipinski definition) is 3. The van der Waals surface area contributed by atoms with Crippen molar-refractivity contribution in [1.82, 2.24) is 15.1 Å². The highest BCUT2D eigenvalue weighted by Gasteiger charge is 2.38. The minimum atomic E-state index is -1.30. The van der Waals surface area contributed by atoms with Crippen LogP contribution < -0.4 is 0 Å². The number of H-pyrrole nitrogens is 1. The van der Waals surface area contributed by atoms with Gasteiger partial charge in [0.05, 0.1) is 11.4 Å². The first-order chi connectivity index (χ1) is 15.1. The summed E-state index contributed by atoms with van der Waals surface area (Å²) < 4.78 is 40.4. The van der Waals surface area contributed by atoms with Crippen LogP contribution in [0.5, 0.6) is 0 Å². The molecule has 0 unspecified atom stereocenters. The smallest absolute Gasteiger partial charge is 0.339 e. The molecule has 0 atom stereocenters. The summed E-state index contributed by atoms with van der Waals surface area (Å²) in [4.78, 5) is 26.3. The van der Waals surface area contributed by atoms with E-state index in [1.54, 1.807) is 13.8 Å². The number of benzene rings is 2. The Bertz CT molecular complexity index is 1260. The minimum Gasteiger partial charge on any atom is -0.478 e. The third kappa shape index (κ3) is 3.66. The molecule has 0 bridgehead atoms. The summed E-state index contributed by atoms with van der Waals surface area (Å²) in [6.07, 6.45) is 1.16. The number of carbonyl (C=O) groups is 2. The van der Waals surface area contributed by atoms with Crippen LogP contribution in [-0.2, 0) is 10.2 Å². The highest BCUT2D eigenvalue weighted by Crippen LogP contribution is 2.40. The number of halogens is 3. The van der Waals surface area contributed by atoms with E-state index < -0.39 is 34.7 Å².